The summed E-state index contributed by atoms with van der Waals surface area (Å²) in [6.45, 7) is 3.13. The Labute approximate surface area is 158 Å². The second-order valence-corrected chi connectivity index (χ2v) is 6.88. The van der Waals surface area contributed by atoms with Crippen molar-refractivity contribution in [2.75, 3.05) is 26.2 Å². The zero-order valence-electron chi connectivity index (χ0n) is 15.3. The molecule has 0 atom stereocenters. The Balaban J connectivity index is 1.55. The fourth-order valence-electron chi connectivity index (χ4n) is 3.74. The summed E-state index contributed by atoms with van der Waals surface area (Å²) in [4.78, 5) is 27.1. The maximum absolute atomic E-state index is 12.7. The number of aromatic nitrogens is 1. The van der Waals surface area contributed by atoms with Crippen molar-refractivity contribution in [2.45, 2.75) is 13.0 Å². The number of fused-ring (bicyclic) bond motifs is 1. The molecule has 1 saturated heterocycles. The molecule has 2 amide bonds. The van der Waals surface area contributed by atoms with E-state index in [4.69, 9.17) is 0 Å². The first-order valence-electron chi connectivity index (χ1n) is 9.37. The molecule has 0 aliphatic carbocycles. The number of amides is 2. The van der Waals surface area contributed by atoms with E-state index < -0.39 is 0 Å². The van der Waals surface area contributed by atoms with Crippen molar-refractivity contribution < 1.29 is 9.59 Å². The molecule has 1 fully saturated rings. The summed E-state index contributed by atoms with van der Waals surface area (Å²) in [5, 5.41) is 1.18. The molecule has 1 aromatic heterocycles. The van der Waals surface area contributed by atoms with Crippen LogP contribution in [0, 0.1) is 0 Å². The molecule has 3 aromatic rings. The van der Waals surface area contributed by atoms with Gasteiger partial charge >= 0.3 is 0 Å². The standard InChI is InChI=1S/C22H23N3O2/c26-17-23-12-14-24(15-13-23)22(27)10-11-25-20-9-5-4-8-19(20)16-21(25)18-6-2-1-3-7-18/h1-9,16-17H,10-15H2. The number of carbonyl (C=O) groups excluding carboxylic acids is 2. The maximum atomic E-state index is 12.7. The molecule has 27 heavy (non-hydrogen) atoms. The summed E-state index contributed by atoms with van der Waals surface area (Å²) in [7, 11) is 0. The Hall–Kier alpha value is -3.08. The fraction of sp³-hybridized carbons (Fsp3) is 0.273. The zero-order valence-corrected chi connectivity index (χ0v) is 15.3. The van der Waals surface area contributed by atoms with Gasteiger partial charge < -0.3 is 14.4 Å². The SMILES string of the molecule is O=CN1CCN(C(=O)CCn2c(-c3ccccc3)cc3ccccc32)CC1. The van der Waals surface area contributed by atoms with Crippen LogP contribution >= 0.6 is 0 Å². The first kappa shape index (κ1) is 17.3. The van der Waals surface area contributed by atoms with Crippen molar-refractivity contribution in [3.63, 3.8) is 0 Å². The van der Waals surface area contributed by atoms with Gasteiger partial charge in [0, 0.05) is 55.7 Å². The predicted octanol–water partition coefficient (Wildman–Crippen LogP) is 3.00. The third-order valence-electron chi connectivity index (χ3n) is 5.25. The van der Waals surface area contributed by atoms with Crippen molar-refractivity contribution in [2.24, 2.45) is 0 Å². The lowest BCUT2D eigenvalue weighted by atomic mass is 10.1. The highest BCUT2D eigenvalue weighted by atomic mass is 16.2. The molecule has 0 saturated carbocycles. The number of aryl methyl sites for hydroxylation is 1. The first-order chi connectivity index (χ1) is 13.3. The first-order valence-corrected chi connectivity index (χ1v) is 9.37. The lowest BCUT2D eigenvalue weighted by Crippen LogP contribution is -2.48. The normalized spacial score (nSPS) is 14.5. The van der Waals surface area contributed by atoms with Crippen LogP contribution in [0.25, 0.3) is 22.2 Å². The summed E-state index contributed by atoms with van der Waals surface area (Å²) in [6.07, 6.45) is 1.32. The summed E-state index contributed by atoms with van der Waals surface area (Å²) in [5.41, 5.74) is 3.44. The van der Waals surface area contributed by atoms with Gasteiger partial charge in [-0.3, -0.25) is 9.59 Å². The van der Waals surface area contributed by atoms with Gasteiger partial charge in [-0.15, -0.1) is 0 Å². The average Bonchev–Trinajstić information content (AvgIpc) is 3.11. The molecule has 0 spiro atoms. The second kappa shape index (κ2) is 7.66. The van der Waals surface area contributed by atoms with Crippen molar-refractivity contribution in [3.05, 3.63) is 60.7 Å². The molecular formula is C22H23N3O2. The number of hydrogen-bond acceptors (Lipinski definition) is 2. The number of benzene rings is 2. The van der Waals surface area contributed by atoms with Gasteiger partial charge in [0.25, 0.3) is 0 Å². The van der Waals surface area contributed by atoms with E-state index in [2.05, 4.69) is 34.9 Å². The van der Waals surface area contributed by atoms with Crippen LogP contribution in [0.15, 0.2) is 60.7 Å². The molecule has 2 heterocycles. The van der Waals surface area contributed by atoms with Gasteiger partial charge in [-0.25, -0.2) is 0 Å². The number of rotatable bonds is 5. The Kier molecular flexibility index (Phi) is 4.92. The van der Waals surface area contributed by atoms with Gasteiger partial charge in [-0.1, -0.05) is 48.5 Å². The van der Waals surface area contributed by atoms with Crippen LogP contribution in [0.1, 0.15) is 6.42 Å². The Morgan fingerprint density at radius 3 is 2.37 bits per heavy atom. The van der Waals surface area contributed by atoms with Crippen LogP contribution in [0.5, 0.6) is 0 Å². The Bertz CT molecular complexity index is 941. The van der Waals surface area contributed by atoms with Gasteiger partial charge in [0.1, 0.15) is 0 Å². The fourth-order valence-corrected chi connectivity index (χ4v) is 3.74. The van der Waals surface area contributed by atoms with Gasteiger partial charge in [-0.2, -0.15) is 0 Å². The highest BCUT2D eigenvalue weighted by Gasteiger charge is 2.20. The summed E-state index contributed by atoms with van der Waals surface area (Å²) in [6, 6.07) is 20.8. The number of para-hydroxylation sites is 1. The highest BCUT2D eigenvalue weighted by molar-refractivity contribution is 5.87. The minimum atomic E-state index is 0.150. The second-order valence-electron chi connectivity index (χ2n) is 6.88. The molecule has 1 aliphatic heterocycles. The summed E-state index contributed by atoms with van der Waals surface area (Å²) < 4.78 is 2.24. The minimum absolute atomic E-state index is 0.150. The largest absolute Gasteiger partial charge is 0.342 e. The molecule has 2 aromatic carbocycles. The van der Waals surface area contributed by atoms with Crippen LogP contribution in [0.2, 0.25) is 0 Å². The molecule has 1 aliphatic rings. The van der Waals surface area contributed by atoms with Crippen molar-refractivity contribution in [1.82, 2.24) is 14.4 Å². The monoisotopic (exact) mass is 361 g/mol. The molecule has 138 valence electrons. The Morgan fingerprint density at radius 2 is 1.63 bits per heavy atom. The Morgan fingerprint density at radius 1 is 0.926 bits per heavy atom. The van der Waals surface area contributed by atoms with Crippen molar-refractivity contribution >= 4 is 23.2 Å². The van der Waals surface area contributed by atoms with E-state index in [1.807, 2.05) is 35.2 Å². The summed E-state index contributed by atoms with van der Waals surface area (Å²) in [5.74, 6) is 0.150. The molecule has 0 unspecified atom stereocenters. The predicted molar refractivity (Wildman–Crippen MR) is 106 cm³/mol. The lowest BCUT2D eigenvalue weighted by molar-refractivity contribution is -0.135. The van der Waals surface area contributed by atoms with Crippen LogP contribution in [-0.2, 0) is 16.1 Å². The van der Waals surface area contributed by atoms with E-state index in [0.717, 1.165) is 23.2 Å². The van der Waals surface area contributed by atoms with Gasteiger partial charge in [-0.05, 0) is 17.7 Å². The molecule has 0 N–H and O–H groups in total. The molecule has 5 nitrogen and oxygen atoms in total. The third-order valence-corrected chi connectivity index (χ3v) is 5.25. The lowest BCUT2D eigenvalue weighted by Gasteiger charge is -2.32. The van der Waals surface area contributed by atoms with E-state index in [0.29, 0.717) is 39.1 Å². The molecule has 5 heteroatoms. The van der Waals surface area contributed by atoms with Crippen LogP contribution in [0.4, 0.5) is 0 Å². The van der Waals surface area contributed by atoms with E-state index >= 15 is 0 Å². The number of hydrogen-bond donors (Lipinski definition) is 0. The molecular weight excluding hydrogens is 338 g/mol. The molecule has 0 bridgehead atoms. The third kappa shape index (κ3) is 3.58. The molecule has 0 radical (unpaired) electrons. The van der Waals surface area contributed by atoms with Crippen molar-refractivity contribution in [3.8, 4) is 11.3 Å². The maximum Gasteiger partial charge on any atom is 0.224 e. The van der Waals surface area contributed by atoms with Crippen LogP contribution in [-0.4, -0.2) is 52.9 Å². The zero-order chi connectivity index (χ0) is 18.6. The van der Waals surface area contributed by atoms with E-state index in [9.17, 15) is 9.59 Å². The van der Waals surface area contributed by atoms with E-state index in [1.54, 1.807) is 4.90 Å². The number of nitrogens with zero attached hydrogens (tertiary/aromatic N) is 3. The van der Waals surface area contributed by atoms with Gasteiger partial charge in [0.05, 0.1) is 0 Å². The van der Waals surface area contributed by atoms with E-state index in [1.165, 1.54) is 5.39 Å². The topological polar surface area (TPSA) is 45.6 Å². The van der Waals surface area contributed by atoms with Crippen LogP contribution in [0.3, 0.4) is 0 Å². The average molecular weight is 361 g/mol. The molecule has 4 rings (SSSR count). The summed E-state index contributed by atoms with van der Waals surface area (Å²) >= 11 is 0. The smallest absolute Gasteiger partial charge is 0.224 e. The quantitative estimate of drug-likeness (QED) is 0.656. The van der Waals surface area contributed by atoms with Gasteiger partial charge in [0.15, 0.2) is 0 Å². The van der Waals surface area contributed by atoms with Crippen molar-refractivity contribution in [1.29, 1.82) is 0 Å². The van der Waals surface area contributed by atoms with Crippen LogP contribution < -0.4 is 0 Å². The minimum Gasteiger partial charge on any atom is -0.342 e. The number of piperazine rings is 1. The number of carbonyl (C=O) groups is 2. The highest BCUT2D eigenvalue weighted by Crippen LogP contribution is 2.28. The van der Waals surface area contributed by atoms with Gasteiger partial charge in [0.2, 0.25) is 12.3 Å². The van der Waals surface area contributed by atoms with E-state index in [-0.39, 0.29) is 5.91 Å².